The summed E-state index contributed by atoms with van der Waals surface area (Å²) in [6.07, 6.45) is 3.82. The zero-order valence-corrected chi connectivity index (χ0v) is 12.0. The standard InChI is InChI=1S/C14H15ClN2O3/c1-9(2)11-8-20-14(19)17(11)12(18)6-5-10-4-3-7-16-13(10)15/h3-7,9,11H,8H2,1-2H3/b6-5+/t11-/m1/s1. The maximum Gasteiger partial charge on any atom is 0.417 e. The Labute approximate surface area is 122 Å². The Hall–Kier alpha value is -1.88. The Bertz CT molecular complexity index is 557. The van der Waals surface area contributed by atoms with Gasteiger partial charge < -0.3 is 4.74 Å². The van der Waals surface area contributed by atoms with Crippen LogP contribution in [0.3, 0.4) is 0 Å². The first-order valence-corrected chi connectivity index (χ1v) is 6.67. The lowest BCUT2D eigenvalue weighted by Crippen LogP contribution is -2.40. The van der Waals surface area contributed by atoms with Crippen LogP contribution in [0.15, 0.2) is 24.4 Å². The van der Waals surface area contributed by atoms with Crippen molar-refractivity contribution in [2.45, 2.75) is 19.9 Å². The van der Waals surface area contributed by atoms with Crippen molar-refractivity contribution in [1.29, 1.82) is 0 Å². The van der Waals surface area contributed by atoms with Gasteiger partial charge in [-0.1, -0.05) is 31.5 Å². The van der Waals surface area contributed by atoms with E-state index in [1.54, 1.807) is 24.4 Å². The minimum absolute atomic E-state index is 0.140. The van der Waals surface area contributed by atoms with E-state index >= 15 is 0 Å². The number of ether oxygens (including phenoxy) is 1. The first kappa shape index (κ1) is 14.5. The van der Waals surface area contributed by atoms with Crippen molar-refractivity contribution in [2.24, 2.45) is 5.92 Å². The number of aromatic nitrogens is 1. The largest absolute Gasteiger partial charge is 0.447 e. The molecule has 1 fully saturated rings. The van der Waals surface area contributed by atoms with E-state index in [4.69, 9.17) is 16.3 Å². The Morgan fingerprint density at radius 1 is 1.60 bits per heavy atom. The van der Waals surface area contributed by atoms with Gasteiger partial charge in [-0.15, -0.1) is 0 Å². The van der Waals surface area contributed by atoms with Gasteiger partial charge in [-0.25, -0.2) is 14.7 Å². The number of carbonyl (C=O) groups is 2. The van der Waals surface area contributed by atoms with Gasteiger partial charge in [0, 0.05) is 17.8 Å². The van der Waals surface area contributed by atoms with Crippen LogP contribution in [0.2, 0.25) is 5.15 Å². The molecule has 0 spiro atoms. The first-order valence-electron chi connectivity index (χ1n) is 6.29. The maximum absolute atomic E-state index is 12.1. The summed E-state index contributed by atoms with van der Waals surface area (Å²) in [6.45, 7) is 4.12. The minimum Gasteiger partial charge on any atom is -0.447 e. The van der Waals surface area contributed by atoms with Crippen molar-refractivity contribution < 1.29 is 14.3 Å². The molecule has 0 aromatic carbocycles. The summed E-state index contributed by atoms with van der Waals surface area (Å²) in [5, 5.41) is 0.306. The fourth-order valence-electron chi connectivity index (χ4n) is 1.94. The normalized spacial score (nSPS) is 18.9. The second kappa shape index (κ2) is 6.05. The predicted octanol–water partition coefficient (Wildman–Crippen LogP) is 2.75. The Balaban J connectivity index is 2.15. The number of cyclic esters (lactones) is 1. The number of rotatable bonds is 3. The second-order valence-electron chi connectivity index (χ2n) is 4.81. The third-order valence-electron chi connectivity index (χ3n) is 3.11. The van der Waals surface area contributed by atoms with E-state index in [-0.39, 0.29) is 18.6 Å². The molecule has 0 N–H and O–H groups in total. The molecule has 0 radical (unpaired) electrons. The van der Waals surface area contributed by atoms with Crippen LogP contribution >= 0.6 is 11.6 Å². The number of hydrogen-bond acceptors (Lipinski definition) is 4. The predicted molar refractivity (Wildman–Crippen MR) is 75.1 cm³/mol. The molecule has 0 aliphatic carbocycles. The molecule has 2 rings (SSSR count). The number of nitrogens with zero attached hydrogens (tertiary/aromatic N) is 2. The van der Waals surface area contributed by atoms with E-state index < -0.39 is 12.0 Å². The summed E-state index contributed by atoms with van der Waals surface area (Å²) in [6, 6.07) is 3.22. The average Bonchev–Trinajstić information content (AvgIpc) is 2.79. The maximum atomic E-state index is 12.1. The molecule has 20 heavy (non-hydrogen) atoms. The number of carbonyl (C=O) groups excluding carboxylic acids is 2. The quantitative estimate of drug-likeness (QED) is 0.635. The van der Waals surface area contributed by atoms with Gasteiger partial charge in [-0.2, -0.15) is 0 Å². The molecule has 0 bridgehead atoms. The van der Waals surface area contributed by atoms with Crippen LogP contribution in [0, 0.1) is 5.92 Å². The third kappa shape index (κ3) is 2.99. The number of amides is 2. The molecule has 1 aromatic heterocycles. The fraction of sp³-hybridized carbons (Fsp3) is 0.357. The highest BCUT2D eigenvalue weighted by Gasteiger charge is 2.38. The summed E-state index contributed by atoms with van der Waals surface area (Å²) in [5.41, 5.74) is 0.621. The molecule has 6 heteroatoms. The van der Waals surface area contributed by atoms with Crippen molar-refractivity contribution in [3.63, 3.8) is 0 Å². The first-order chi connectivity index (χ1) is 9.50. The highest BCUT2D eigenvalue weighted by molar-refractivity contribution is 6.30. The summed E-state index contributed by atoms with van der Waals surface area (Å²) in [4.78, 5) is 28.8. The second-order valence-corrected chi connectivity index (χ2v) is 5.17. The molecule has 2 heterocycles. The number of hydrogen-bond donors (Lipinski definition) is 0. The summed E-state index contributed by atoms with van der Waals surface area (Å²) < 4.78 is 4.93. The van der Waals surface area contributed by atoms with E-state index in [9.17, 15) is 9.59 Å². The van der Waals surface area contributed by atoms with Crippen LogP contribution < -0.4 is 0 Å². The Morgan fingerprint density at radius 2 is 2.35 bits per heavy atom. The molecular formula is C14H15ClN2O3. The van der Waals surface area contributed by atoms with Crippen molar-refractivity contribution in [3.8, 4) is 0 Å². The number of imide groups is 1. The van der Waals surface area contributed by atoms with Gasteiger partial charge in [-0.3, -0.25) is 4.79 Å². The fourth-order valence-corrected chi connectivity index (χ4v) is 2.13. The van der Waals surface area contributed by atoms with Gasteiger partial charge in [0.25, 0.3) is 5.91 Å². The molecule has 0 saturated carbocycles. The number of pyridine rings is 1. The monoisotopic (exact) mass is 294 g/mol. The lowest BCUT2D eigenvalue weighted by molar-refractivity contribution is -0.124. The van der Waals surface area contributed by atoms with Crippen molar-refractivity contribution in [1.82, 2.24) is 9.88 Å². The van der Waals surface area contributed by atoms with Crippen LogP contribution in [0.1, 0.15) is 19.4 Å². The van der Waals surface area contributed by atoms with Gasteiger partial charge in [0.1, 0.15) is 11.8 Å². The molecule has 1 aliphatic heterocycles. The topological polar surface area (TPSA) is 59.5 Å². The highest BCUT2D eigenvalue weighted by Crippen LogP contribution is 2.20. The van der Waals surface area contributed by atoms with Crippen LogP contribution in [0.5, 0.6) is 0 Å². The van der Waals surface area contributed by atoms with Gasteiger partial charge >= 0.3 is 6.09 Å². The molecule has 1 saturated heterocycles. The zero-order valence-electron chi connectivity index (χ0n) is 11.2. The molecule has 5 nitrogen and oxygen atoms in total. The SMILES string of the molecule is CC(C)[C@H]1COC(=O)N1C(=O)/C=C/c1cccnc1Cl. The molecule has 1 aliphatic rings. The Morgan fingerprint density at radius 3 is 3.00 bits per heavy atom. The summed E-state index contributed by atoms with van der Waals surface area (Å²) in [5.74, 6) is -0.271. The summed E-state index contributed by atoms with van der Waals surface area (Å²) in [7, 11) is 0. The van der Waals surface area contributed by atoms with Crippen LogP contribution in [-0.4, -0.2) is 34.5 Å². The van der Waals surface area contributed by atoms with E-state index in [0.717, 1.165) is 4.90 Å². The van der Waals surface area contributed by atoms with Gasteiger partial charge in [0.2, 0.25) is 0 Å². The van der Waals surface area contributed by atoms with Crippen molar-refractivity contribution >= 4 is 29.7 Å². The van der Waals surface area contributed by atoms with E-state index in [1.807, 2.05) is 13.8 Å². The molecule has 1 aromatic rings. The van der Waals surface area contributed by atoms with E-state index in [2.05, 4.69) is 4.98 Å². The smallest absolute Gasteiger partial charge is 0.417 e. The van der Waals surface area contributed by atoms with Gasteiger partial charge in [-0.05, 0) is 18.1 Å². The number of halogens is 1. The highest BCUT2D eigenvalue weighted by atomic mass is 35.5. The average molecular weight is 295 g/mol. The zero-order chi connectivity index (χ0) is 14.7. The Kier molecular flexibility index (Phi) is 4.39. The van der Waals surface area contributed by atoms with E-state index in [1.165, 1.54) is 6.08 Å². The lowest BCUT2D eigenvalue weighted by atomic mass is 10.0. The van der Waals surface area contributed by atoms with Crippen LogP contribution in [-0.2, 0) is 9.53 Å². The van der Waals surface area contributed by atoms with Crippen molar-refractivity contribution in [3.05, 3.63) is 35.1 Å². The minimum atomic E-state index is -0.601. The van der Waals surface area contributed by atoms with Crippen molar-refractivity contribution in [2.75, 3.05) is 6.61 Å². The van der Waals surface area contributed by atoms with Gasteiger partial charge in [0.05, 0.1) is 6.04 Å². The molecular weight excluding hydrogens is 280 g/mol. The lowest BCUT2D eigenvalue weighted by Gasteiger charge is -2.20. The third-order valence-corrected chi connectivity index (χ3v) is 3.42. The van der Waals surface area contributed by atoms with E-state index in [0.29, 0.717) is 10.7 Å². The molecule has 106 valence electrons. The molecule has 2 amide bonds. The molecule has 0 unspecified atom stereocenters. The summed E-state index contributed by atoms with van der Waals surface area (Å²) >= 11 is 5.90. The molecule has 1 atom stereocenters. The van der Waals surface area contributed by atoms with Crippen LogP contribution in [0.25, 0.3) is 6.08 Å². The van der Waals surface area contributed by atoms with Crippen LogP contribution in [0.4, 0.5) is 4.79 Å². The van der Waals surface area contributed by atoms with Gasteiger partial charge in [0.15, 0.2) is 0 Å².